The van der Waals surface area contributed by atoms with Gasteiger partial charge in [-0.25, -0.2) is 4.39 Å². The minimum atomic E-state index is -0.795. The number of halogens is 2. The lowest BCUT2D eigenvalue weighted by Gasteiger charge is -2.15. The first-order valence-electron chi connectivity index (χ1n) is 6.84. The zero-order chi connectivity index (χ0) is 15.4. The van der Waals surface area contributed by atoms with Crippen LogP contribution in [-0.2, 0) is 6.42 Å². The Labute approximate surface area is 129 Å². The molecule has 0 aliphatic heterocycles. The third-order valence-corrected chi connectivity index (χ3v) is 3.28. The summed E-state index contributed by atoms with van der Waals surface area (Å²) in [4.78, 5) is 0. The summed E-state index contributed by atoms with van der Waals surface area (Å²) in [5.74, 6) is 0.286. The second-order valence-corrected chi connectivity index (χ2v) is 5.63. The molecule has 0 saturated heterocycles. The molecule has 0 aliphatic rings. The highest BCUT2D eigenvalue weighted by molar-refractivity contribution is 6.30. The van der Waals surface area contributed by atoms with E-state index in [0.717, 1.165) is 0 Å². The Kier molecular flexibility index (Phi) is 5.21. The van der Waals surface area contributed by atoms with Gasteiger partial charge in [0.15, 0.2) is 0 Å². The van der Waals surface area contributed by atoms with Crippen molar-refractivity contribution >= 4 is 11.6 Å². The Bertz CT molecular complexity index is 613. The average molecular weight is 309 g/mol. The zero-order valence-corrected chi connectivity index (χ0v) is 12.8. The molecule has 0 aliphatic carbocycles. The quantitative estimate of drug-likeness (QED) is 0.878. The molecule has 0 amide bonds. The van der Waals surface area contributed by atoms with E-state index in [1.807, 2.05) is 26.0 Å². The summed E-state index contributed by atoms with van der Waals surface area (Å²) in [6, 6.07) is 11.7. The van der Waals surface area contributed by atoms with Gasteiger partial charge in [0, 0.05) is 11.4 Å². The van der Waals surface area contributed by atoms with Gasteiger partial charge in [0.25, 0.3) is 0 Å². The van der Waals surface area contributed by atoms with Crippen LogP contribution in [0, 0.1) is 5.82 Å². The van der Waals surface area contributed by atoms with Gasteiger partial charge < -0.3 is 9.84 Å². The molecule has 2 aromatic rings. The SMILES string of the molecule is CC(C)Oc1cccc(C(O)Cc2ccc(Cl)cc2F)c1. The largest absolute Gasteiger partial charge is 0.491 e. The van der Waals surface area contributed by atoms with Crippen LogP contribution in [-0.4, -0.2) is 11.2 Å². The molecule has 2 rings (SSSR count). The second-order valence-electron chi connectivity index (χ2n) is 5.19. The maximum Gasteiger partial charge on any atom is 0.127 e. The van der Waals surface area contributed by atoms with E-state index in [-0.39, 0.29) is 12.5 Å². The van der Waals surface area contributed by atoms with Crippen LogP contribution in [0.3, 0.4) is 0 Å². The summed E-state index contributed by atoms with van der Waals surface area (Å²) in [6.45, 7) is 3.87. The Hall–Kier alpha value is -1.58. The molecule has 112 valence electrons. The fourth-order valence-electron chi connectivity index (χ4n) is 2.08. The fraction of sp³-hybridized carbons (Fsp3) is 0.294. The van der Waals surface area contributed by atoms with E-state index in [1.54, 1.807) is 24.3 Å². The number of hydrogen-bond donors (Lipinski definition) is 1. The molecule has 4 heteroatoms. The molecule has 0 fully saturated rings. The van der Waals surface area contributed by atoms with Crippen LogP contribution in [0.1, 0.15) is 31.1 Å². The van der Waals surface area contributed by atoms with Gasteiger partial charge in [-0.3, -0.25) is 0 Å². The number of hydrogen-bond acceptors (Lipinski definition) is 2. The first-order valence-corrected chi connectivity index (χ1v) is 7.22. The van der Waals surface area contributed by atoms with E-state index in [2.05, 4.69) is 0 Å². The molecule has 2 nitrogen and oxygen atoms in total. The van der Waals surface area contributed by atoms with Crippen LogP contribution in [0.15, 0.2) is 42.5 Å². The number of ether oxygens (including phenoxy) is 1. The van der Waals surface area contributed by atoms with Crippen molar-refractivity contribution in [2.45, 2.75) is 32.5 Å². The molecule has 1 atom stereocenters. The number of rotatable bonds is 5. The first kappa shape index (κ1) is 15.8. The summed E-state index contributed by atoms with van der Waals surface area (Å²) in [5.41, 5.74) is 1.13. The van der Waals surface area contributed by atoms with E-state index in [4.69, 9.17) is 16.3 Å². The first-order chi connectivity index (χ1) is 9.95. The highest BCUT2D eigenvalue weighted by atomic mass is 35.5. The number of aliphatic hydroxyl groups is 1. The Morgan fingerprint density at radius 3 is 2.62 bits per heavy atom. The van der Waals surface area contributed by atoms with Gasteiger partial charge >= 0.3 is 0 Å². The highest BCUT2D eigenvalue weighted by Gasteiger charge is 2.13. The van der Waals surface area contributed by atoms with Crippen LogP contribution in [0.25, 0.3) is 0 Å². The number of aliphatic hydroxyl groups excluding tert-OH is 1. The maximum absolute atomic E-state index is 13.8. The molecule has 0 bridgehead atoms. The number of benzene rings is 2. The predicted octanol–water partition coefficient (Wildman–Crippen LogP) is 4.54. The summed E-state index contributed by atoms with van der Waals surface area (Å²) in [6.07, 6.45) is -0.545. The van der Waals surface area contributed by atoms with Crippen molar-refractivity contribution in [2.75, 3.05) is 0 Å². The standard InChI is InChI=1S/C17H18ClFO2/c1-11(2)21-15-5-3-4-13(8-15)17(20)9-12-6-7-14(18)10-16(12)19/h3-8,10-11,17,20H,9H2,1-2H3. The van der Waals surface area contributed by atoms with Crippen LogP contribution in [0.2, 0.25) is 5.02 Å². The van der Waals surface area contributed by atoms with Crippen molar-refractivity contribution < 1.29 is 14.2 Å². The zero-order valence-electron chi connectivity index (χ0n) is 12.0. The van der Waals surface area contributed by atoms with Gasteiger partial charge in [0.1, 0.15) is 11.6 Å². The van der Waals surface area contributed by atoms with E-state index in [1.165, 1.54) is 6.07 Å². The summed E-state index contributed by atoms with van der Waals surface area (Å²) < 4.78 is 19.3. The van der Waals surface area contributed by atoms with E-state index < -0.39 is 11.9 Å². The molecule has 21 heavy (non-hydrogen) atoms. The fourth-order valence-corrected chi connectivity index (χ4v) is 2.24. The van der Waals surface area contributed by atoms with Gasteiger partial charge in [-0.2, -0.15) is 0 Å². The molecule has 0 spiro atoms. The molecule has 0 heterocycles. The van der Waals surface area contributed by atoms with E-state index in [9.17, 15) is 9.50 Å². The minimum Gasteiger partial charge on any atom is -0.491 e. The normalized spacial score (nSPS) is 12.5. The van der Waals surface area contributed by atoms with Crippen molar-refractivity contribution in [3.05, 3.63) is 64.4 Å². The predicted molar refractivity (Wildman–Crippen MR) is 82.3 cm³/mol. The van der Waals surface area contributed by atoms with Gasteiger partial charge in [-0.05, 0) is 49.2 Å². The third-order valence-electron chi connectivity index (χ3n) is 3.04. The average Bonchev–Trinajstić information content (AvgIpc) is 2.41. The van der Waals surface area contributed by atoms with Crippen molar-refractivity contribution in [3.63, 3.8) is 0 Å². The van der Waals surface area contributed by atoms with Crippen molar-refractivity contribution in [1.82, 2.24) is 0 Å². The van der Waals surface area contributed by atoms with Gasteiger partial charge in [-0.1, -0.05) is 29.8 Å². The van der Waals surface area contributed by atoms with Crippen LogP contribution in [0.5, 0.6) is 5.75 Å². The van der Waals surface area contributed by atoms with Gasteiger partial charge in [-0.15, -0.1) is 0 Å². The molecule has 0 aromatic heterocycles. The lowest BCUT2D eigenvalue weighted by atomic mass is 10.0. The summed E-state index contributed by atoms with van der Waals surface area (Å²) in [5, 5.41) is 10.6. The van der Waals surface area contributed by atoms with Crippen molar-refractivity contribution in [3.8, 4) is 5.75 Å². The van der Waals surface area contributed by atoms with E-state index >= 15 is 0 Å². The highest BCUT2D eigenvalue weighted by Crippen LogP contribution is 2.25. The molecule has 0 radical (unpaired) electrons. The smallest absolute Gasteiger partial charge is 0.127 e. The monoisotopic (exact) mass is 308 g/mol. The lowest BCUT2D eigenvalue weighted by molar-refractivity contribution is 0.175. The molecule has 1 unspecified atom stereocenters. The lowest BCUT2D eigenvalue weighted by Crippen LogP contribution is -2.07. The Morgan fingerprint density at radius 1 is 1.19 bits per heavy atom. The van der Waals surface area contributed by atoms with Crippen molar-refractivity contribution in [1.29, 1.82) is 0 Å². The maximum atomic E-state index is 13.8. The second kappa shape index (κ2) is 6.92. The Balaban J connectivity index is 2.14. The van der Waals surface area contributed by atoms with Gasteiger partial charge in [0.05, 0.1) is 12.2 Å². The van der Waals surface area contributed by atoms with E-state index in [0.29, 0.717) is 21.9 Å². The Morgan fingerprint density at radius 2 is 1.95 bits per heavy atom. The van der Waals surface area contributed by atoms with Crippen LogP contribution < -0.4 is 4.74 Å². The molecular formula is C17H18ClFO2. The molecular weight excluding hydrogens is 291 g/mol. The van der Waals surface area contributed by atoms with Crippen LogP contribution >= 0.6 is 11.6 Å². The molecule has 2 aromatic carbocycles. The topological polar surface area (TPSA) is 29.5 Å². The van der Waals surface area contributed by atoms with Crippen molar-refractivity contribution in [2.24, 2.45) is 0 Å². The van der Waals surface area contributed by atoms with Crippen LogP contribution in [0.4, 0.5) is 4.39 Å². The minimum absolute atomic E-state index is 0.0612. The third kappa shape index (κ3) is 4.45. The summed E-state index contributed by atoms with van der Waals surface area (Å²) >= 11 is 5.72. The molecule has 1 N–H and O–H groups in total. The summed E-state index contributed by atoms with van der Waals surface area (Å²) in [7, 11) is 0. The molecule has 0 saturated carbocycles. The van der Waals surface area contributed by atoms with Gasteiger partial charge in [0.2, 0.25) is 0 Å².